The lowest BCUT2D eigenvalue weighted by atomic mass is 10.0. The zero-order valence-electron chi connectivity index (χ0n) is 12.8. The van der Waals surface area contributed by atoms with Gasteiger partial charge in [0.15, 0.2) is 0 Å². The van der Waals surface area contributed by atoms with E-state index in [0.717, 1.165) is 18.2 Å². The van der Waals surface area contributed by atoms with Crippen LogP contribution in [-0.2, 0) is 7.05 Å². The molecular formula is C16H17F2N3O2. The third kappa shape index (κ3) is 3.94. The van der Waals surface area contributed by atoms with Crippen molar-refractivity contribution in [3.05, 3.63) is 64.1 Å². The minimum Gasteiger partial charge on any atom is -0.331 e. The normalized spacial score (nSPS) is 11.8. The van der Waals surface area contributed by atoms with Crippen molar-refractivity contribution in [3.63, 3.8) is 0 Å². The highest BCUT2D eigenvalue weighted by Crippen LogP contribution is 2.21. The molecule has 1 heterocycles. The molecule has 2 N–H and O–H groups in total. The van der Waals surface area contributed by atoms with Crippen LogP contribution in [0.15, 0.2) is 41.3 Å². The Morgan fingerprint density at radius 1 is 1.30 bits per heavy atom. The van der Waals surface area contributed by atoms with Gasteiger partial charge in [0.05, 0.1) is 6.04 Å². The van der Waals surface area contributed by atoms with Gasteiger partial charge in [-0.2, -0.15) is 0 Å². The van der Waals surface area contributed by atoms with Crippen molar-refractivity contribution in [3.8, 4) is 0 Å². The number of nitrogens with one attached hydrogen (secondary N) is 2. The van der Waals surface area contributed by atoms with Crippen LogP contribution in [0.3, 0.4) is 0 Å². The van der Waals surface area contributed by atoms with Gasteiger partial charge in [-0.3, -0.25) is 4.79 Å². The summed E-state index contributed by atoms with van der Waals surface area (Å²) in [6, 6.07) is 4.78. The molecule has 0 unspecified atom stereocenters. The highest BCUT2D eigenvalue weighted by molar-refractivity contribution is 5.89. The molecule has 2 amide bonds. The summed E-state index contributed by atoms with van der Waals surface area (Å²) in [6.45, 7) is 1.73. The lowest BCUT2D eigenvalue weighted by Gasteiger charge is -2.18. The average molecular weight is 321 g/mol. The molecule has 0 bridgehead atoms. The van der Waals surface area contributed by atoms with Crippen LogP contribution in [-0.4, -0.2) is 10.6 Å². The minimum absolute atomic E-state index is 0.0589. The van der Waals surface area contributed by atoms with Crippen molar-refractivity contribution in [2.45, 2.75) is 19.4 Å². The van der Waals surface area contributed by atoms with E-state index in [0.29, 0.717) is 6.42 Å². The molecule has 0 saturated carbocycles. The van der Waals surface area contributed by atoms with E-state index >= 15 is 0 Å². The van der Waals surface area contributed by atoms with Crippen LogP contribution in [0.4, 0.5) is 19.3 Å². The van der Waals surface area contributed by atoms with E-state index in [1.807, 2.05) is 0 Å². The summed E-state index contributed by atoms with van der Waals surface area (Å²) < 4.78 is 28.4. The zero-order valence-corrected chi connectivity index (χ0v) is 12.8. The number of hydrogen-bond acceptors (Lipinski definition) is 2. The number of anilines is 1. The Bertz CT molecular complexity index is 774. The van der Waals surface area contributed by atoms with Crippen molar-refractivity contribution >= 4 is 11.7 Å². The Labute approximate surface area is 131 Å². The summed E-state index contributed by atoms with van der Waals surface area (Å²) in [4.78, 5) is 23.9. The molecule has 0 aliphatic carbocycles. The number of benzene rings is 1. The second-order valence-corrected chi connectivity index (χ2v) is 5.06. The van der Waals surface area contributed by atoms with Gasteiger partial charge in [-0.15, -0.1) is 0 Å². The van der Waals surface area contributed by atoms with Crippen LogP contribution in [0.2, 0.25) is 0 Å². The Hall–Kier alpha value is -2.70. The molecule has 2 aromatic rings. The molecule has 7 heteroatoms. The van der Waals surface area contributed by atoms with Crippen LogP contribution in [0.25, 0.3) is 0 Å². The minimum atomic E-state index is -0.710. The lowest BCUT2D eigenvalue weighted by Crippen LogP contribution is -2.35. The van der Waals surface area contributed by atoms with E-state index in [1.165, 1.54) is 10.6 Å². The molecule has 23 heavy (non-hydrogen) atoms. The van der Waals surface area contributed by atoms with E-state index in [4.69, 9.17) is 0 Å². The van der Waals surface area contributed by atoms with Gasteiger partial charge < -0.3 is 15.2 Å². The van der Waals surface area contributed by atoms with Gasteiger partial charge in [0.2, 0.25) is 0 Å². The number of halogens is 2. The van der Waals surface area contributed by atoms with Crippen molar-refractivity contribution in [1.82, 2.24) is 9.88 Å². The number of aryl methyl sites for hydroxylation is 1. The molecule has 0 fully saturated rings. The SMILES string of the molecule is CC[C@@H](NC(=O)Nc1cccn(C)c1=O)c1cc(F)ccc1F. The molecule has 0 saturated heterocycles. The van der Waals surface area contributed by atoms with Crippen LogP contribution in [0.5, 0.6) is 0 Å². The summed E-state index contributed by atoms with van der Waals surface area (Å²) in [5.41, 5.74) is -0.210. The summed E-state index contributed by atoms with van der Waals surface area (Å²) in [7, 11) is 1.56. The van der Waals surface area contributed by atoms with Crippen LogP contribution >= 0.6 is 0 Å². The molecule has 0 spiro atoms. The molecule has 2 rings (SSSR count). The molecule has 122 valence electrons. The number of rotatable bonds is 4. The first-order chi connectivity index (χ1) is 10.9. The van der Waals surface area contributed by atoms with E-state index < -0.39 is 23.7 Å². The Balaban J connectivity index is 2.15. The fourth-order valence-electron chi connectivity index (χ4n) is 2.19. The van der Waals surface area contributed by atoms with E-state index in [1.54, 1.807) is 26.2 Å². The maximum Gasteiger partial charge on any atom is 0.319 e. The van der Waals surface area contributed by atoms with Gasteiger partial charge >= 0.3 is 6.03 Å². The fourth-order valence-corrected chi connectivity index (χ4v) is 2.19. The van der Waals surface area contributed by atoms with Crippen molar-refractivity contribution in [2.75, 3.05) is 5.32 Å². The monoisotopic (exact) mass is 321 g/mol. The van der Waals surface area contributed by atoms with Crippen LogP contribution in [0.1, 0.15) is 24.9 Å². The Kier molecular flexibility index (Phi) is 5.10. The smallest absolute Gasteiger partial charge is 0.319 e. The van der Waals surface area contributed by atoms with Crippen LogP contribution in [0, 0.1) is 11.6 Å². The molecular weight excluding hydrogens is 304 g/mol. The quantitative estimate of drug-likeness (QED) is 0.909. The first kappa shape index (κ1) is 16.7. The molecule has 0 aliphatic rings. The number of carbonyl (C=O) groups is 1. The summed E-state index contributed by atoms with van der Waals surface area (Å²) in [5.74, 6) is -1.19. The predicted molar refractivity (Wildman–Crippen MR) is 83.2 cm³/mol. The number of urea groups is 1. The van der Waals surface area contributed by atoms with E-state index in [-0.39, 0.29) is 16.8 Å². The third-order valence-corrected chi connectivity index (χ3v) is 3.42. The van der Waals surface area contributed by atoms with Gasteiger partial charge in [-0.25, -0.2) is 13.6 Å². The van der Waals surface area contributed by atoms with Gasteiger partial charge in [0.1, 0.15) is 17.3 Å². The predicted octanol–water partition coefficient (Wildman–Crippen LogP) is 2.94. The largest absolute Gasteiger partial charge is 0.331 e. The van der Waals surface area contributed by atoms with Gasteiger partial charge in [-0.05, 0) is 36.8 Å². The van der Waals surface area contributed by atoms with Crippen molar-refractivity contribution in [2.24, 2.45) is 7.05 Å². The van der Waals surface area contributed by atoms with Gasteiger partial charge in [0.25, 0.3) is 5.56 Å². The molecule has 1 aromatic heterocycles. The van der Waals surface area contributed by atoms with Crippen molar-refractivity contribution < 1.29 is 13.6 Å². The molecule has 5 nitrogen and oxygen atoms in total. The lowest BCUT2D eigenvalue weighted by molar-refractivity contribution is 0.248. The van der Waals surface area contributed by atoms with Gasteiger partial charge in [0, 0.05) is 18.8 Å². The Morgan fingerprint density at radius 3 is 2.74 bits per heavy atom. The standard InChI is InChI=1S/C16H17F2N3O2/c1-3-13(11-9-10(17)6-7-12(11)18)19-16(23)20-14-5-4-8-21(2)15(14)22/h4-9,13H,3H2,1-2H3,(H2,19,20,23)/t13-/m1/s1. The molecule has 1 atom stereocenters. The first-order valence-electron chi connectivity index (χ1n) is 7.10. The highest BCUT2D eigenvalue weighted by atomic mass is 19.1. The Morgan fingerprint density at radius 2 is 2.04 bits per heavy atom. The molecule has 0 radical (unpaired) electrons. The van der Waals surface area contributed by atoms with Crippen molar-refractivity contribution in [1.29, 1.82) is 0 Å². The summed E-state index contributed by atoms with van der Waals surface area (Å²) in [6.07, 6.45) is 1.92. The topological polar surface area (TPSA) is 63.1 Å². The summed E-state index contributed by atoms with van der Waals surface area (Å²) >= 11 is 0. The van der Waals surface area contributed by atoms with E-state index in [2.05, 4.69) is 10.6 Å². The number of amides is 2. The maximum atomic E-state index is 13.8. The highest BCUT2D eigenvalue weighted by Gasteiger charge is 2.18. The number of hydrogen-bond donors (Lipinski definition) is 2. The zero-order chi connectivity index (χ0) is 17.0. The second kappa shape index (κ2) is 7.04. The number of aromatic nitrogens is 1. The fraction of sp³-hybridized carbons (Fsp3) is 0.250. The number of pyridine rings is 1. The van der Waals surface area contributed by atoms with E-state index in [9.17, 15) is 18.4 Å². The number of nitrogens with zero attached hydrogens (tertiary/aromatic N) is 1. The average Bonchev–Trinajstić information content (AvgIpc) is 2.52. The number of carbonyl (C=O) groups excluding carboxylic acids is 1. The maximum absolute atomic E-state index is 13.8. The molecule has 0 aliphatic heterocycles. The van der Waals surface area contributed by atoms with Crippen LogP contribution < -0.4 is 16.2 Å². The second-order valence-electron chi connectivity index (χ2n) is 5.06. The third-order valence-electron chi connectivity index (χ3n) is 3.42. The molecule has 1 aromatic carbocycles. The first-order valence-corrected chi connectivity index (χ1v) is 7.10. The van der Waals surface area contributed by atoms with Gasteiger partial charge in [-0.1, -0.05) is 6.92 Å². The summed E-state index contributed by atoms with van der Waals surface area (Å²) in [5, 5.41) is 4.96.